The van der Waals surface area contributed by atoms with Crippen molar-refractivity contribution in [1.82, 2.24) is 0 Å². The van der Waals surface area contributed by atoms with Crippen LogP contribution in [0.25, 0.3) is 0 Å². The van der Waals surface area contributed by atoms with Gasteiger partial charge in [-0.3, -0.25) is 14.4 Å². The van der Waals surface area contributed by atoms with Crippen molar-refractivity contribution in [2.24, 2.45) is 0 Å². The molecule has 8 heteroatoms. The number of carbonyl (C=O) groups is 3. The highest BCUT2D eigenvalue weighted by molar-refractivity contribution is 8.01. The van der Waals surface area contributed by atoms with Gasteiger partial charge in [-0.2, -0.15) is 0 Å². The van der Waals surface area contributed by atoms with E-state index in [0.29, 0.717) is 10.7 Å². The van der Waals surface area contributed by atoms with E-state index in [-0.39, 0.29) is 12.3 Å². The molecular weight excluding hydrogens is 388 g/mol. The fourth-order valence-corrected chi connectivity index (χ4v) is 3.77. The van der Waals surface area contributed by atoms with Gasteiger partial charge in [-0.15, -0.1) is 11.8 Å². The van der Waals surface area contributed by atoms with E-state index in [9.17, 15) is 14.4 Å². The maximum Gasteiger partial charge on any atom is 0.308 e. The average Bonchev–Trinajstić information content (AvgIpc) is 2.62. The van der Waals surface area contributed by atoms with Crippen LogP contribution in [0.4, 0.5) is 11.4 Å². The highest BCUT2D eigenvalue weighted by atomic mass is 35.5. The second-order valence-corrected chi connectivity index (χ2v) is 7.61. The molecule has 0 spiro atoms. The summed E-state index contributed by atoms with van der Waals surface area (Å²) in [5, 5.41) is 5.28. The molecule has 0 saturated heterocycles. The third-order valence-corrected chi connectivity index (χ3v) is 5.34. The van der Waals surface area contributed by atoms with Gasteiger partial charge in [-0.1, -0.05) is 29.8 Å². The molecule has 0 bridgehead atoms. The van der Waals surface area contributed by atoms with E-state index in [0.717, 1.165) is 10.6 Å². The Morgan fingerprint density at radius 2 is 2.04 bits per heavy atom. The lowest BCUT2D eigenvalue weighted by Crippen LogP contribution is -2.34. The molecule has 2 amide bonds. The first-order chi connectivity index (χ1) is 12.9. The number of halogens is 1. The van der Waals surface area contributed by atoms with Gasteiger partial charge < -0.3 is 15.4 Å². The Labute approximate surface area is 165 Å². The summed E-state index contributed by atoms with van der Waals surface area (Å²) in [5.41, 5.74) is 1.24. The van der Waals surface area contributed by atoms with Crippen LogP contribution >= 0.6 is 23.4 Å². The number of benzene rings is 2. The predicted molar refractivity (Wildman–Crippen MR) is 105 cm³/mol. The summed E-state index contributed by atoms with van der Waals surface area (Å²) >= 11 is 7.18. The molecule has 1 aliphatic rings. The summed E-state index contributed by atoms with van der Waals surface area (Å²) in [7, 11) is 0. The maximum absolute atomic E-state index is 12.2. The van der Waals surface area contributed by atoms with Crippen LogP contribution in [0, 0.1) is 0 Å². The molecule has 1 aliphatic heterocycles. The van der Waals surface area contributed by atoms with E-state index < -0.39 is 23.2 Å². The molecule has 0 aromatic heterocycles. The van der Waals surface area contributed by atoms with E-state index in [1.54, 1.807) is 30.3 Å². The molecule has 0 unspecified atom stereocenters. The highest BCUT2D eigenvalue weighted by Crippen LogP contribution is 2.36. The van der Waals surface area contributed by atoms with Gasteiger partial charge >= 0.3 is 5.97 Å². The molecular formula is C19H17ClN2O4S. The van der Waals surface area contributed by atoms with Crippen molar-refractivity contribution in [3.63, 3.8) is 0 Å². The zero-order valence-corrected chi connectivity index (χ0v) is 16.0. The normalized spacial score (nSPS) is 16.7. The van der Waals surface area contributed by atoms with Gasteiger partial charge in [0.2, 0.25) is 5.91 Å². The minimum absolute atomic E-state index is 0.125. The number of hydrogen-bond donors (Lipinski definition) is 2. The number of nitrogens with one attached hydrogen (secondary N) is 2. The lowest BCUT2D eigenvalue weighted by atomic mass is 10.2. The van der Waals surface area contributed by atoms with Gasteiger partial charge in [0, 0.05) is 15.6 Å². The number of fused-ring (bicyclic) bond motifs is 1. The average molecular weight is 405 g/mol. The minimum Gasteiger partial charge on any atom is -0.452 e. The molecule has 2 aromatic rings. The van der Waals surface area contributed by atoms with Crippen LogP contribution in [-0.4, -0.2) is 29.1 Å². The van der Waals surface area contributed by atoms with Crippen molar-refractivity contribution in [3.8, 4) is 0 Å². The van der Waals surface area contributed by atoms with E-state index in [2.05, 4.69) is 10.6 Å². The van der Waals surface area contributed by atoms with Crippen molar-refractivity contribution in [3.05, 3.63) is 53.6 Å². The summed E-state index contributed by atoms with van der Waals surface area (Å²) in [4.78, 5) is 37.4. The van der Waals surface area contributed by atoms with E-state index in [4.69, 9.17) is 16.3 Å². The molecule has 6 nitrogen and oxygen atoms in total. The number of rotatable bonds is 5. The van der Waals surface area contributed by atoms with Crippen molar-refractivity contribution in [2.75, 3.05) is 10.6 Å². The summed E-state index contributed by atoms with van der Waals surface area (Å²) in [6.45, 7) is 1.47. The Bertz CT molecular complexity index is 890. The molecule has 2 aromatic carbocycles. The smallest absolute Gasteiger partial charge is 0.308 e. The van der Waals surface area contributed by atoms with Crippen molar-refractivity contribution < 1.29 is 19.1 Å². The van der Waals surface area contributed by atoms with Crippen molar-refractivity contribution >= 4 is 52.5 Å². The standard InChI is InChI=1S/C19H17ClN2O4S/c1-11(18(24)21-13-6-4-5-12(20)9-13)26-17(23)10-16-19(25)22-14-7-2-3-8-15(14)27-16/h2-9,11,16H,10H2,1H3,(H,21,24)(H,22,25)/t11-,16+/m0/s1. The number of esters is 1. The van der Waals surface area contributed by atoms with Gasteiger partial charge in [-0.05, 0) is 37.3 Å². The minimum atomic E-state index is -1.000. The highest BCUT2D eigenvalue weighted by Gasteiger charge is 2.30. The SMILES string of the molecule is C[C@H](OC(=O)C[C@H]1Sc2ccccc2NC1=O)C(=O)Nc1cccc(Cl)c1. The van der Waals surface area contributed by atoms with E-state index in [1.165, 1.54) is 18.7 Å². The van der Waals surface area contributed by atoms with Crippen LogP contribution in [-0.2, 0) is 19.1 Å². The fraction of sp³-hybridized carbons (Fsp3) is 0.211. The van der Waals surface area contributed by atoms with E-state index in [1.807, 2.05) is 18.2 Å². The molecule has 2 atom stereocenters. The Morgan fingerprint density at radius 3 is 2.81 bits per heavy atom. The summed E-state index contributed by atoms with van der Waals surface area (Å²) < 4.78 is 5.18. The van der Waals surface area contributed by atoms with Gasteiger partial charge in [0.15, 0.2) is 6.10 Å². The zero-order chi connectivity index (χ0) is 19.4. The number of thioether (sulfide) groups is 1. The Kier molecular flexibility index (Phi) is 6.03. The van der Waals surface area contributed by atoms with Crippen LogP contribution in [0.1, 0.15) is 13.3 Å². The Hall–Kier alpha value is -2.51. The molecule has 1 heterocycles. The third kappa shape index (κ3) is 5.02. The molecule has 140 valence electrons. The number of ether oxygens (including phenoxy) is 1. The van der Waals surface area contributed by atoms with Crippen LogP contribution in [0.2, 0.25) is 5.02 Å². The summed E-state index contributed by atoms with van der Waals surface area (Å²) in [5.74, 6) is -1.35. The monoisotopic (exact) mass is 404 g/mol. The van der Waals surface area contributed by atoms with Crippen LogP contribution in [0.5, 0.6) is 0 Å². The van der Waals surface area contributed by atoms with E-state index >= 15 is 0 Å². The van der Waals surface area contributed by atoms with Crippen molar-refractivity contribution in [1.29, 1.82) is 0 Å². The molecule has 2 N–H and O–H groups in total. The molecule has 0 saturated carbocycles. The summed E-state index contributed by atoms with van der Waals surface area (Å²) in [6.07, 6.45) is -1.12. The summed E-state index contributed by atoms with van der Waals surface area (Å²) in [6, 6.07) is 14.0. The lowest BCUT2D eigenvalue weighted by molar-refractivity contribution is -0.153. The maximum atomic E-state index is 12.2. The molecule has 0 fully saturated rings. The van der Waals surface area contributed by atoms with Gasteiger partial charge in [0.1, 0.15) is 0 Å². The first-order valence-electron chi connectivity index (χ1n) is 8.25. The number of hydrogen-bond acceptors (Lipinski definition) is 5. The quantitative estimate of drug-likeness (QED) is 0.742. The largest absolute Gasteiger partial charge is 0.452 e. The molecule has 3 rings (SSSR count). The topological polar surface area (TPSA) is 84.5 Å². The number of carbonyl (C=O) groups excluding carboxylic acids is 3. The first-order valence-corrected chi connectivity index (χ1v) is 9.50. The Morgan fingerprint density at radius 1 is 1.26 bits per heavy atom. The van der Waals surface area contributed by atoms with Gasteiger partial charge in [0.05, 0.1) is 17.4 Å². The predicted octanol–water partition coefficient (Wildman–Crippen LogP) is 3.71. The molecule has 27 heavy (non-hydrogen) atoms. The van der Waals surface area contributed by atoms with Crippen molar-refractivity contribution in [2.45, 2.75) is 29.6 Å². The number of anilines is 2. The van der Waals surface area contributed by atoms with Gasteiger partial charge in [-0.25, -0.2) is 0 Å². The lowest BCUT2D eigenvalue weighted by Gasteiger charge is -2.23. The zero-order valence-electron chi connectivity index (χ0n) is 14.4. The number of para-hydroxylation sites is 1. The van der Waals surface area contributed by atoms with Crippen LogP contribution < -0.4 is 10.6 Å². The fourth-order valence-electron chi connectivity index (χ4n) is 2.49. The van der Waals surface area contributed by atoms with Crippen LogP contribution in [0.3, 0.4) is 0 Å². The number of amides is 2. The third-order valence-electron chi connectivity index (χ3n) is 3.83. The van der Waals surface area contributed by atoms with Crippen LogP contribution in [0.15, 0.2) is 53.4 Å². The molecule has 0 aliphatic carbocycles. The van der Waals surface area contributed by atoms with Gasteiger partial charge in [0.25, 0.3) is 5.91 Å². The first kappa shape index (κ1) is 19.3. The second-order valence-electron chi connectivity index (χ2n) is 5.93. The Balaban J connectivity index is 1.54. The second kappa shape index (κ2) is 8.45. The molecule has 0 radical (unpaired) electrons.